The summed E-state index contributed by atoms with van der Waals surface area (Å²) in [6.45, 7) is 3.23. The lowest BCUT2D eigenvalue weighted by Crippen LogP contribution is -2.39. The van der Waals surface area contributed by atoms with Crippen LogP contribution in [0.2, 0.25) is 0 Å². The van der Waals surface area contributed by atoms with Crippen molar-refractivity contribution in [2.24, 2.45) is 5.92 Å². The lowest BCUT2D eigenvalue weighted by atomic mass is 9.97. The third-order valence-corrected chi connectivity index (χ3v) is 4.48. The number of rotatable bonds is 7. The van der Waals surface area contributed by atoms with Crippen molar-refractivity contribution in [1.29, 1.82) is 0 Å². The van der Waals surface area contributed by atoms with Crippen molar-refractivity contribution < 1.29 is 19.5 Å². The van der Waals surface area contributed by atoms with Crippen LogP contribution in [-0.2, 0) is 9.59 Å². The molecule has 0 spiro atoms. The molecule has 3 N–H and O–H groups in total. The quantitative estimate of drug-likeness (QED) is 0.683. The molecule has 1 aliphatic heterocycles. The summed E-state index contributed by atoms with van der Waals surface area (Å²) < 4.78 is 0. The fourth-order valence-corrected chi connectivity index (χ4v) is 2.93. The Hall–Kier alpha value is -2.41. The highest BCUT2D eigenvalue weighted by Gasteiger charge is 2.23. The van der Waals surface area contributed by atoms with Gasteiger partial charge < -0.3 is 20.6 Å². The summed E-state index contributed by atoms with van der Waals surface area (Å²) in [5.74, 6) is -0.290. The first kappa shape index (κ1) is 19.9. The van der Waals surface area contributed by atoms with E-state index in [1.165, 1.54) is 0 Å². The number of carbonyl (C=O) groups excluding carboxylic acids is 3. The van der Waals surface area contributed by atoms with Crippen LogP contribution in [0.1, 0.15) is 43.0 Å². The zero-order chi connectivity index (χ0) is 18.9. The molecule has 142 valence electrons. The average molecular weight is 361 g/mol. The Morgan fingerprint density at radius 2 is 1.92 bits per heavy atom. The van der Waals surface area contributed by atoms with Crippen LogP contribution in [0, 0.1) is 5.92 Å². The number of hydrogen-bond donors (Lipinski definition) is 3. The van der Waals surface area contributed by atoms with Crippen LogP contribution in [0.3, 0.4) is 0 Å². The number of carbonyl (C=O) groups is 3. The maximum Gasteiger partial charge on any atom is 0.253 e. The third kappa shape index (κ3) is 5.84. The van der Waals surface area contributed by atoms with Crippen molar-refractivity contribution in [3.05, 3.63) is 29.8 Å². The number of amides is 3. The molecule has 0 atom stereocenters. The number of nitrogens with one attached hydrogen (secondary N) is 2. The van der Waals surface area contributed by atoms with E-state index in [1.807, 2.05) is 6.92 Å². The molecule has 0 aliphatic carbocycles. The van der Waals surface area contributed by atoms with Crippen LogP contribution in [-0.4, -0.2) is 54.0 Å². The molecule has 1 fully saturated rings. The molecule has 0 saturated carbocycles. The van der Waals surface area contributed by atoms with Gasteiger partial charge in [0.1, 0.15) is 0 Å². The molecule has 0 radical (unpaired) electrons. The Labute approximate surface area is 153 Å². The van der Waals surface area contributed by atoms with E-state index in [2.05, 4.69) is 10.6 Å². The van der Waals surface area contributed by atoms with Crippen LogP contribution >= 0.6 is 0 Å². The standard InChI is InChI=1S/C19H27N3O4/c1-2-4-17(24)20-12-18(25)21-16-6-3-5-15(11-16)19(26)22-9-7-14(13-23)8-10-22/h3,5-6,11,14,23H,2,4,7-10,12-13H2,1H3,(H,20,24)(H,21,25). The highest BCUT2D eigenvalue weighted by molar-refractivity contribution is 5.98. The lowest BCUT2D eigenvalue weighted by Gasteiger charge is -2.31. The second kappa shape index (κ2) is 9.91. The highest BCUT2D eigenvalue weighted by atomic mass is 16.3. The highest BCUT2D eigenvalue weighted by Crippen LogP contribution is 2.19. The van der Waals surface area contributed by atoms with Crippen molar-refractivity contribution in [2.45, 2.75) is 32.6 Å². The van der Waals surface area contributed by atoms with Gasteiger partial charge in [0, 0.05) is 37.4 Å². The third-order valence-electron chi connectivity index (χ3n) is 4.48. The maximum absolute atomic E-state index is 12.6. The van der Waals surface area contributed by atoms with Gasteiger partial charge in [0.25, 0.3) is 5.91 Å². The normalized spacial score (nSPS) is 14.8. The first-order valence-electron chi connectivity index (χ1n) is 9.10. The number of benzene rings is 1. The molecule has 1 saturated heterocycles. The first-order chi connectivity index (χ1) is 12.5. The fraction of sp³-hybridized carbons (Fsp3) is 0.526. The van der Waals surface area contributed by atoms with Gasteiger partial charge in [0.15, 0.2) is 0 Å². The molecule has 1 aromatic carbocycles. The Morgan fingerprint density at radius 3 is 2.58 bits per heavy atom. The average Bonchev–Trinajstić information content (AvgIpc) is 2.66. The van der Waals surface area contributed by atoms with E-state index in [4.69, 9.17) is 0 Å². The van der Waals surface area contributed by atoms with Gasteiger partial charge in [-0.25, -0.2) is 0 Å². The molecule has 7 nitrogen and oxygen atoms in total. The van der Waals surface area contributed by atoms with E-state index in [0.29, 0.717) is 30.8 Å². The number of hydrogen-bond acceptors (Lipinski definition) is 4. The van der Waals surface area contributed by atoms with E-state index in [-0.39, 0.29) is 36.8 Å². The molecule has 1 aromatic rings. The van der Waals surface area contributed by atoms with Gasteiger partial charge in [0.2, 0.25) is 11.8 Å². The van der Waals surface area contributed by atoms with Crippen LogP contribution in [0.4, 0.5) is 5.69 Å². The SMILES string of the molecule is CCCC(=O)NCC(=O)Nc1cccc(C(=O)N2CCC(CO)CC2)c1. The Morgan fingerprint density at radius 1 is 1.19 bits per heavy atom. The summed E-state index contributed by atoms with van der Waals surface area (Å²) in [5.41, 5.74) is 1.04. The molecule has 7 heteroatoms. The minimum absolute atomic E-state index is 0.0752. The molecule has 1 heterocycles. The van der Waals surface area contributed by atoms with Gasteiger partial charge in [-0.05, 0) is 43.4 Å². The molecular formula is C19H27N3O4. The second-order valence-corrected chi connectivity index (χ2v) is 6.57. The summed E-state index contributed by atoms with van der Waals surface area (Å²) in [4.78, 5) is 37.7. The molecule has 26 heavy (non-hydrogen) atoms. The van der Waals surface area contributed by atoms with Crippen LogP contribution in [0.5, 0.6) is 0 Å². The molecule has 0 unspecified atom stereocenters. The minimum atomic E-state index is -0.331. The van der Waals surface area contributed by atoms with Crippen molar-refractivity contribution in [3.8, 4) is 0 Å². The summed E-state index contributed by atoms with van der Waals surface area (Å²) >= 11 is 0. The van der Waals surface area contributed by atoms with Crippen molar-refractivity contribution in [3.63, 3.8) is 0 Å². The first-order valence-corrected chi connectivity index (χ1v) is 9.10. The Kier molecular flexibility index (Phi) is 7.59. The second-order valence-electron chi connectivity index (χ2n) is 6.57. The predicted molar refractivity (Wildman–Crippen MR) is 98.7 cm³/mol. The van der Waals surface area contributed by atoms with Gasteiger partial charge >= 0.3 is 0 Å². The summed E-state index contributed by atoms with van der Waals surface area (Å²) in [6.07, 6.45) is 2.73. The van der Waals surface area contributed by atoms with Gasteiger partial charge in [0.05, 0.1) is 6.54 Å². The van der Waals surface area contributed by atoms with Crippen LogP contribution in [0.15, 0.2) is 24.3 Å². The van der Waals surface area contributed by atoms with Crippen molar-refractivity contribution >= 4 is 23.4 Å². The van der Waals surface area contributed by atoms with Gasteiger partial charge in [-0.15, -0.1) is 0 Å². The van der Waals surface area contributed by atoms with E-state index >= 15 is 0 Å². The predicted octanol–water partition coefficient (Wildman–Crippen LogP) is 1.39. The van der Waals surface area contributed by atoms with E-state index in [9.17, 15) is 19.5 Å². The molecule has 0 aromatic heterocycles. The topological polar surface area (TPSA) is 98.7 Å². The van der Waals surface area contributed by atoms with Gasteiger partial charge in [-0.1, -0.05) is 13.0 Å². The van der Waals surface area contributed by atoms with Crippen LogP contribution in [0.25, 0.3) is 0 Å². The number of likely N-dealkylation sites (tertiary alicyclic amines) is 1. The lowest BCUT2D eigenvalue weighted by molar-refractivity contribution is -0.124. The van der Waals surface area contributed by atoms with Crippen LogP contribution < -0.4 is 10.6 Å². The van der Waals surface area contributed by atoms with E-state index < -0.39 is 0 Å². The number of anilines is 1. The van der Waals surface area contributed by atoms with Gasteiger partial charge in [-0.2, -0.15) is 0 Å². The van der Waals surface area contributed by atoms with Crippen molar-refractivity contribution in [2.75, 3.05) is 31.6 Å². The van der Waals surface area contributed by atoms with E-state index in [0.717, 1.165) is 19.3 Å². The number of aliphatic hydroxyl groups excluding tert-OH is 1. The monoisotopic (exact) mass is 361 g/mol. The molecule has 1 aliphatic rings. The molecule has 0 bridgehead atoms. The Balaban J connectivity index is 1.90. The number of piperidine rings is 1. The fourth-order valence-electron chi connectivity index (χ4n) is 2.93. The maximum atomic E-state index is 12.6. The summed E-state index contributed by atoms with van der Waals surface area (Å²) in [5, 5.41) is 14.4. The molecular weight excluding hydrogens is 334 g/mol. The largest absolute Gasteiger partial charge is 0.396 e. The van der Waals surface area contributed by atoms with Crippen molar-refractivity contribution in [1.82, 2.24) is 10.2 Å². The summed E-state index contributed by atoms with van der Waals surface area (Å²) in [6, 6.07) is 6.80. The molecule has 2 rings (SSSR count). The number of aliphatic hydroxyl groups is 1. The molecule has 3 amide bonds. The summed E-state index contributed by atoms with van der Waals surface area (Å²) in [7, 11) is 0. The van der Waals surface area contributed by atoms with E-state index in [1.54, 1.807) is 29.2 Å². The zero-order valence-corrected chi connectivity index (χ0v) is 15.2. The minimum Gasteiger partial charge on any atom is -0.396 e. The van der Waals surface area contributed by atoms with Gasteiger partial charge in [-0.3, -0.25) is 14.4 Å². The smallest absolute Gasteiger partial charge is 0.253 e. The Bertz CT molecular complexity index is 639. The number of nitrogens with zero attached hydrogens (tertiary/aromatic N) is 1. The zero-order valence-electron chi connectivity index (χ0n) is 15.2.